The summed E-state index contributed by atoms with van der Waals surface area (Å²) in [5, 5.41) is 3.31. The van der Waals surface area contributed by atoms with Crippen LogP contribution in [-0.4, -0.2) is 16.5 Å². The minimum Gasteiger partial charge on any atom is -0.422 e. The van der Waals surface area contributed by atoms with Crippen molar-refractivity contribution < 1.29 is 9.13 Å². The molecule has 0 saturated heterocycles. The first-order chi connectivity index (χ1) is 8.83. The van der Waals surface area contributed by atoms with Crippen LogP contribution in [0.3, 0.4) is 0 Å². The average molecular weight is 245 g/mol. The molecular weight excluding hydrogens is 233 g/mol. The number of aryl methyl sites for hydroxylation is 1. The monoisotopic (exact) mass is 245 g/mol. The van der Waals surface area contributed by atoms with Gasteiger partial charge in [-0.05, 0) is 24.5 Å². The third kappa shape index (κ3) is 2.11. The molecule has 1 N–H and O–H groups in total. The molecular formula is C13H12FN3O. The van der Waals surface area contributed by atoms with E-state index in [2.05, 4.69) is 21.4 Å². The first-order valence-electron chi connectivity index (χ1n) is 5.84. The molecule has 18 heavy (non-hydrogen) atoms. The van der Waals surface area contributed by atoms with Crippen molar-refractivity contribution in [3.8, 4) is 11.8 Å². The van der Waals surface area contributed by atoms with Crippen LogP contribution < -0.4 is 10.1 Å². The first-order valence-corrected chi connectivity index (χ1v) is 5.84. The molecule has 0 atom stereocenters. The van der Waals surface area contributed by atoms with Crippen molar-refractivity contribution in [2.75, 3.05) is 11.9 Å². The highest BCUT2D eigenvalue weighted by Crippen LogP contribution is 2.33. The second-order valence-electron chi connectivity index (χ2n) is 4.11. The van der Waals surface area contributed by atoms with Gasteiger partial charge in [0, 0.05) is 6.54 Å². The lowest BCUT2D eigenvalue weighted by atomic mass is 10.0. The Bertz CT molecular complexity index is 557. The van der Waals surface area contributed by atoms with Crippen molar-refractivity contribution >= 4 is 5.69 Å². The molecule has 0 bridgehead atoms. The number of aromatic nitrogens is 2. The van der Waals surface area contributed by atoms with Gasteiger partial charge in [-0.25, -0.2) is 14.4 Å². The molecule has 92 valence electrons. The Morgan fingerprint density at radius 3 is 2.89 bits per heavy atom. The highest BCUT2D eigenvalue weighted by atomic mass is 19.1. The van der Waals surface area contributed by atoms with E-state index in [0.717, 1.165) is 37.5 Å². The number of para-hydroxylation sites is 1. The van der Waals surface area contributed by atoms with Gasteiger partial charge in [-0.3, -0.25) is 0 Å². The second-order valence-corrected chi connectivity index (χ2v) is 4.11. The molecule has 0 saturated carbocycles. The van der Waals surface area contributed by atoms with Gasteiger partial charge in [0.1, 0.15) is 0 Å². The molecule has 4 nitrogen and oxygen atoms in total. The lowest BCUT2D eigenvalue weighted by Crippen LogP contribution is -2.12. The van der Waals surface area contributed by atoms with E-state index in [1.165, 1.54) is 5.56 Å². The second kappa shape index (κ2) is 4.60. The average Bonchev–Trinajstić information content (AvgIpc) is 2.42. The van der Waals surface area contributed by atoms with Crippen LogP contribution in [0.5, 0.6) is 11.8 Å². The number of nitrogens with one attached hydrogen (secondary N) is 1. The maximum absolute atomic E-state index is 12.7. The summed E-state index contributed by atoms with van der Waals surface area (Å²) in [7, 11) is 0. The number of nitrogens with zero attached hydrogens (tertiary/aromatic N) is 2. The van der Waals surface area contributed by atoms with Gasteiger partial charge < -0.3 is 10.1 Å². The van der Waals surface area contributed by atoms with Gasteiger partial charge in [-0.1, -0.05) is 12.1 Å². The topological polar surface area (TPSA) is 47.0 Å². The van der Waals surface area contributed by atoms with E-state index in [4.69, 9.17) is 4.74 Å². The van der Waals surface area contributed by atoms with Crippen molar-refractivity contribution in [3.05, 3.63) is 42.0 Å². The molecule has 0 spiro atoms. The summed E-state index contributed by atoms with van der Waals surface area (Å²) in [4.78, 5) is 7.57. The summed E-state index contributed by atoms with van der Waals surface area (Å²) < 4.78 is 18.3. The number of rotatable bonds is 2. The van der Waals surface area contributed by atoms with Gasteiger partial charge in [0.15, 0.2) is 11.6 Å². The van der Waals surface area contributed by atoms with Crippen molar-refractivity contribution in [2.24, 2.45) is 0 Å². The lowest BCUT2D eigenvalue weighted by molar-refractivity contribution is 0.436. The summed E-state index contributed by atoms with van der Waals surface area (Å²) in [6.07, 6.45) is 4.32. The Hall–Kier alpha value is -2.17. The molecule has 3 rings (SSSR count). The van der Waals surface area contributed by atoms with Gasteiger partial charge in [0.25, 0.3) is 0 Å². The smallest absolute Gasteiger partial charge is 0.322 e. The Morgan fingerprint density at radius 2 is 2.06 bits per heavy atom. The molecule has 1 aromatic carbocycles. The van der Waals surface area contributed by atoms with E-state index in [1.54, 1.807) is 0 Å². The molecule has 5 heteroatoms. The number of anilines is 1. The summed E-state index contributed by atoms with van der Waals surface area (Å²) in [5.41, 5.74) is 2.21. The molecule has 0 unspecified atom stereocenters. The van der Waals surface area contributed by atoms with Crippen LogP contribution in [0, 0.1) is 5.82 Å². The largest absolute Gasteiger partial charge is 0.422 e. The van der Waals surface area contributed by atoms with Crippen LogP contribution in [0.2, 0.25) is 0 Å². The fourth-order valence-corrected chi connectivity index (χ4v) is 2.01. The van der Waals surface area contributed by atoms with Crippen LogP contribution in [-0.2, 0) is 6.42 Å². The Morgan fingerprint density at radius 1 is 1.22 bits per heavy atom. The third-order valence-electron chi connectivity index (χ3n) is 2.84. The normalized spacial score (nSPS) is 13.6. The molecule has 0 aliphatic carbocycles. The number of hydrogen-bond donors (Lipinski definition) is 1. The Kier molecular flexibility index (Phi) is 2.80. The number of hydrogen-bond acceptors (Lipinski definition) is 4. The highest BCUT2D eigenvalue weighted by Gasteiger charge is 2.14. The maximum atomic E-state index is 12.7. The SMILES string of the molecule is Fc1cnc(Oc2cccc3c2NCCC3)nc1. The van der Waals surface area contributed by atoms with Crippen LogP contribution >= 0.6 is 0 Å². The van der Waals surface area contributed by atoms with Gasteiger partial charge in [-0.2, -0.15) is 0 Å². The fraction of sp³-hybridized carbons (Fsp3) is 0.231. The molecule has 0 fully saturated rings. The van der Waals surface area contributed by atoms with Crippen molar-refractivity contribution in [3.63, 3.8) is 0 Å². The molecule has 1 aliphatic heterocycles. The quantitative estimate of drug-likeness (QED) is 0.883. The van der Waals surface area contributed by atoms with Crippen LogP contribution in [0.1, 0.15) is 12.0 Å². The molecule has 2 aromatic rings. The highest BCUT2D eigenvalue weighted by molar-refractivity contribution is 5.63. The van der Waals surface area contributed by atoms with E-state index in [9.17, 15) is 4.39 Å². The van der Waals surface area contributed by atoms with E-state index in [-0.39, 0.29) is 6.01 Å². The lowest BCUT2D eigenvalue weighted by Gasteiger charge is -2.20. The zero-order valence-electron chi connectivity index (χ0n) is 9.69. The summed E-state index contributed by atoms with van der Waals surface area (Å²) in [5.74, 6) is 0.203. The van der Waals surface area contributed by atoms with E-state index in [1.807, 2.05) is 12.1 Å². The Labute approximate surface area is 104 Å². The summed E-state index contributed by atoms with van der Waals surface area (Å²) in [6, 6.07) is 6.01. The predicted molar refractivity (Wildman–Crippen MR) is 65.3 cm³/mol. The van der Waals surface area contributed by atoms with E-state index in [0.29, 0.717) is 5.75 Å². The zero-order valence-corrected chi connectivity index (χ0v) is 9.69. The maximum Gasteiger partial charge on any atom is 0.322 e. The fourth-order valence-electron chi connectivity index (χ4n) is 2.01. The van der Waals surface area contributed by atoms with E-state index >= 15 is 0 Å². The van der Waals surface area contributed by atoms with Crippen molar-refractivity contribution in [1.29, 1.82) is 0 Å². The first kappa shape index (κ1) is 11.0. The minimum absolute atomic E-state index is 0.150. The third-order valence-corrected chi connectivity index (χ3v) is 2.84. The van der Waals surface area contributed by atoms with E-state index < -0.39 is 5.82 Å². The Balaban J connectivity index is 1.90. The summed E-state index contributed by atoms with van der Waals surface area (Å²) in [6.45, 7) is 0.928. The molecule has 0 amide bonds. The minimum atomic E-state index is -0.476. The molecule has 1 aliphatic rings. The van der Waals surface area contributed by atoms with Crippen LogP contribution in [0.15, 0.2) is 30.6 Å². The van der Waals surface area contributed by atoms with Crippen LogP contribution in [0.25, 0.3) is 0 Å². The molecule has 1 aromatic heterocycles. The molecule has 2 heterocycles. The van der Waals surface area contributed by atoms with Gasteiger partial charge >= 0.3 is 6.01 Å². The van der Waals surface area contributed by atoms with Gasteiger partial charge in [0.05, 0.1) is 18.1 Å². The van der Waals surface area contributed by atoms with Crippen molar-refractivity contribution in [1.82, 2.24) is 9.97 Å². The number of halogens is 1. The zero-order chi connectivity index (χ0) is 12.4. The predicted octanol–water partition coefficient (Wildman–Crippen LogP) is 2.77. The number of fused-ring (bicyclic) bond motifs is 1. The van der Waals surface area contributed by atoms with Crippen molar-refractivity contribution in [2.45, 2.75) is 12.8 Å². The number of benzene rings is 1. The summed E-state index contributed by atoms with van der Waals surface area (Å²) >= 11 is 0. The molecule has 0 radical (unpaired) electrons. The standard InChI is InChI=1S/C13H12FN3O/c14-10-7-16-13(17-8-10)18-11-5-1-3-9-4-2-6-15-12(9)11/h1,3,5,7-8,15H,2,4,6H2. The van der Waals surface area contributed by atoms with Gasteiger partial charge in [0.2, 0.25) is 0 Å². The van der Waals surface area contributed by atoms with Gasteiger partial charge in [-0.15, -0.1) is 0 Å². The number of ether oxygens (including phenoxy) is 1. The van der Waals surface area contributed by atoms with Crippen LogP contribution in [0.4, 0.5) is 10.1 Å².